The van der Waals surface area contributed by atoms with Gasteiger partial charge < -0.3 is 10.3 Å². The van der Waals surface area contributed by atoms with Crippen LogP contribution in [0.25, 0.3) is 10.9 Å². The Labute approximate surface area is 115 Å². The van der Waals surface area contributed by atoms with Crippen LogP contribution in [-0.4, -0.2) is 10.9 Å². The molecule has 0 unspecified atom stereocenters. The number of carbonyl (C=O) groups is 1. The minimum Gasteiger partial charge on any atom is -0.361 e. The Hall–Kier alpha value is -2.62. The van der Waals surface area contributed by atoms with Crippen LogP contribution in [-0.2, 0) is 11.2 Å². The molecule has 0 radical (unpaired) electrons. The van der Waals surface area contributed by atoms with Gasteiger partial charge in [-0.2, -0.15) is 0 Å². The van der Waals surface area contributed by atoms with E-state index < -0.39 is 0 Å². The number of benzene rings is 2. The second-order valence-corrected chi connectivity index (χ2v) is 4.60. The first-order valence-electron chi connectivity index (χ1n) is 6.33. The third-order valence-electron chi connectivity index (χ3n) is 3.15. The van der Waals surface area contributed by atoms with Gasteiger partial charge in [-0.1, -0.05) is 24.3 Å². The van der Waals surface area contributed by atoms with Crippen LogP contribution in [0.15, 0.2) is 54.7 Å². The molecule has 20 heavy (non-hydrogen) atoms. The van der Waals surface area contributed by atoms with Gasteiger partial charge in [0.2, 0.25) is 5.91 Å². The standard InChI is InChI=1S/C16H13FN2O/c17-14-4-2-1-3-12(14)9-16(20)19-13-6-5-11-7-8-18-15(11)10-13/h1-8,10,18H,9H2,(H,19,20). The molecule has 0 aliphatic rings. The second kappa shape index (κ2) is 5.17. The zero-order valence-electron chi connectivity index (χ0n) is 10.7. The number of aromatic amines is 1. The van der Waals surface area contributed by atoms with E-state index in [1.165, 1.54) is 6.07 Å². The van der Waals surface area contributed by atoms with Crippen molar-refractivity contribution in [1.82, 2.24) is 4.98 Å². The molecule has 0 spiro atoms. The largest absolute Gasteiger partial charge is 0.361 e. The number of aromatic nitrogens is 1. The minimum absolute atomic E-state index is 0.0233. The fourth-order valence-electron chi connectivity index (χ4n) is 2.15. The monoisotopic (exact) mass is 268 g/mol. The lowest BCUT2D eigenvalue weighted by Gasteiger charge is -2.06. The summed E-state index contributed by atoms with van der Waals surface area (Å²) in [5.41, 5.74) is 2.04. The summed E-state index contributed by atoms with van der Waals surface area (Å²) < 4.78 is 13.5. The molecule has 1 aromatic heterocycles. The molecule has 0 fully saturated rings. The number of hydrogen-bond donors (Lipinski definition) is 2. The Kier molecular flexibility index (Phi) is 3.21. The number of halogens is 1. The molecule has 2 aromatic carbocycles. The van der Waals surface area contributed by atoms with E-state index in [0.717, 1.165) is 10.9 Å². The summed E-state index contributed by atoms with van der Waals surface area (Å²) in [5.74, 6) is -0.594. The van der Waals surface area contributed by atoms with Crippen LogP contribution < -0.4 is 5.32 Å². The molecule has 0 saturated carbocycles. The fourth-order valence-corrected chi connectivity index (χ4v) is 2.15. The highest BCUT2D eigenvalue weighted by molar-refractivity contribution is 5.94. The molecule has 0 saturated heterocycles. The molecule has 1 amide bonds. The maximum Gasteiger partial charge on any atom is 0.228 e. The Balaban J connectivity index is 1.74. The molecule has 2 N–H and O–H groups in total. The third kappa shape index (κ3) is 2.54. The molecule has 3 rings (SSSR count). The smallest absolute Gasteiger partial charge is 0.228 e. The van der Waals surface area contributed by atoms with Gasteiger partial charge in [0, 0.05) is 17.4 Å². The van der Waals surface area contributed by atoms with Crippen LogP contribution in [0.2, 0.25) is 0 Å². The van der Waals surface area contributed by atoms with Gasteiger partial charge in [0.05, 0.1) is 6.42 Å². The molecule has 4 heteroatoms. The number of nitrogens with one attached hydrogen (secondary N) is 2. The zero-order chi connectivity index (χ0) is 13.9. The minimum atomic E-state index is -0.359. The van der Waals surface area contributed by atoms with Crippen LogP contribution in [0.3, 0.4) is 0 Å². The quantitative estimate of drug-likeness (QED) is 0.750. The molecule has 1 heterocycles. The van der Waals surface area contributed by atoms with Gasteiger partial charge >= 0.3 is 0 Å². The van der Waals surface area contributed by atoms with Gasteiger partial charge in [-0.05, 0) is 35.2 Å². The number of carbonyl (C=O) groups excluding carboxylic acids is 1. The summed E-state index contributed by atoms with van der Waals surface area (Å²) in [5, 5.41) is 3.85. The van der Waals surface area contributed by atoms with Gasteiger partial charge in [-0.25, -0.2) is 4.39 Å². The number of rotatable bonds is 3. The van der Waals surface area contributed by atoms with Crippen molar-refractivity contribution < 1.29 is 9.18 Å². The van der Waals surface area contributed by atoms with Gasteiger partial charge in [-0.3, -0.25) is 4.79 Å². The average molecular weight is 268 g/mol. The summed E-state index contributed by atoms with van der Waals surface area (Å²) in [7, 11) is 0. The molecule has 0 aliphatic carbocycles. The maximum absolute atomic E-state index is 13.5. The third-order valence-corrected chi connectivity index (χ3v) is 3.15. The fraction of sp³-hybridized carbons (Fsp3) is 0.0625. The van der Waals surface area contributed by atoms with Crippen molar-refractivity contribution in [1.29, 1.82) is 0 Å². The van der Waals surface area contributed by atoms with Crippen LogP contribution in [0, 0.1) is 5.82 Å². The molecular weight excluding hydrogens is 255 g/mol. The summed E-state index contributed by atoms with van der Waals surface area (Å²) >= 11 is 0. The molecule has 3 aromatic rings. The van der Waals surface area contributed by atoms with Crippen molar-refractivity contribution in [3.8, 4) is 0 Å². The lowest BCUT2D eigenvalue weighted by molar-refractivity contribution is -0.115. The number of amides is 1. The Bertz CT molecular complexity index is 764. The van der Waals surface area contributed by atoms with Crippen LogP contribution in [0.5, 0.6) is 0 Å². The summed E-state index contributed by atoms with van der Waals surface area (Å²) in [6.45, 7) is 0. The van der Waals surface area contributed by atoms with E-state index in [1.54, 1.807) is 18.2 Å². The molecule has 0 atom stereocenters. The second-order valence-electron chi connectivity index (χ2n) is 4.60. The lowest BCUT2D eigenvalue weighted by atomic mass is 10.1. The van der Waals surface area contributed by atoms with Gasteiger partial charge in [-0.15, -0.1) is 0 Å². The first-order valence-corrected chi connectivity index (χ1v) is 6.33. The first-order chi connectivity index (χ1) is 9.72. The zero-order valence-corrected chi connectivity index (χ0v) is 10.7. The highest BCUT2D eigenvalue weighted by atomic mass is 19.1. The average Bonchev–Trinajstić information content (AvgIpc) is 2.89. The predicted molar refractivity (Wildman–Crippen MR) is 77.0 cm³/mol. The topological polar surface area (TPSA) is 44.9 Å². The van der Waals surface area contributed by atoms with Crippen LogP contribution in [0.1, 0.15) is 5.56 Å². The highest BCUT2D eigenvalue weighted by Gasteiger charge is 2.08. The van der Waals surface area contributed by atoms with Crippen molar-refractivity contribution in [3.05, 3.63) is 66.1 Å². The van der Waals surface area contributed by atoms with E-state index in [2.05, 4.69) is 10.3 Å². The van der Waals surface area contributed by atoms with Crippen molar-refractivity contribution in [2.75, 3.05) is 5.32 Å². The number of anilines is 1. The number of fused-ring (bicyclic) bond motifs is 1. The SMILES string of the molecule is O=C(Cc1ccccc1F)Nc1ccc2cc[nH]c2c1. The molecule has 0 bridgehead atoms. The Morgan fingerprint density at radius 2 is 2.00 bits per heavy atom. The van der Waals surface area contributed by atoms with Gasteiger partial charge in [0.25, 0.3) is 0 Å². The van der Waals surface area contributed by atoms with Crippen molar-refractivity contribution in [2.45, 2.75) is 6.42 Å². The predicted octanol–water partition coefficient (Wildman–Crippen LogP) is 3.49. The van der Waals surface area contributed by atoms with E-state index in [9.17, 15) is 9.18 Å². The van der Waals surface area contributed by atoms with E-state index in [-0.39, 0.29) is 18.1 Å². The van der Waals surface area contributed by atoms with Crippen LogP contribution in [0.4, 0.5) is 10.1 Å². The van der Waals surface area contributed by atoms with Crippen molar-refractivity contribution >= 4 is 22.5 Å². The first kappa shape index (κ1) is 12.4. The molecule has 0 aliphatic heterocycles. The van der Waals surface area contributed by atoms with E-state index >= 15 is 0 Å². The van der Waals surface area contributed by atoms with Gasteiger partial charge in [0.1, 0.15) is 5.82 Å². The molecule has 100 valence electrons. The molecule has 3 nitrogen and oxygen atoms in total. The lowest BCUT2D eigenvalue weighted by Crippen LogP contribution is -2.15. The maximum atomic E-state index is 13.5. The van der Waals surface area contributed by atoms with Crippen molar-refractivity contribution in [2.24, 2.45) is 0 Å². The normalized spacial score (nSPS) is 10.7. The molecular formula is C16H13FN2O. The van der Waals surface area contributed by atoms with E-state index in [4.69, 9.17) is 0 Å². The van der Waals surface area contributed by atoms with Gasteiger partial charge in [0.15, 0.2) is 0 Å². The summed E-state index contributed by atoms with van der Waals surface area (Å²) in [4.78, 5) is 15.0. The highest BCUT2D eigenvalue weighted by Crippen LogP contribution is 2.18. The Morgan fingerprint density at radius 3 is 2.85 bits per heavy atom. The van der Waals surface area contributed by atoms with E-state index in [1.807, 2.05) is 30.5 Å². The van der Waals surface area contributed by atoms with Crippen molar-refractivity contribution in [3.63, 3.8) is 0 Å². The summed E-state index contributed by atoms with van der Waals surface area (Å²) in [6.07, 6.45) is 1.87. The number of hydrogen-bond acceptors (Lipinski definition) is 1. The van der Waals surface area contributed by atoms with E-state index in [0.29, 0.717) is 11.3 Å². The number of H-pyrrole nitrogens is 1. The summed E-state index contributed by atoms with van der Waals surface area (Å²) in [6, 6.07) is 13.9. The van der Waals surface area contributed by atoms with Crippen LogP contribution >= 0.6 is 0 Å². The Morgan fingerprint density at radius 1 is 1.15 bits per heavy atom.